The minimum atomic E-state index is -0.570. The van der Waals surface area contributed by atoms with E-state index >= 15 is 0 Å². The normalized spacial score (nSPS) is 20.7. The molecule has 0 aromatic heterocycles. The molecule has 4 nitrogen and oxygen atoms in total. The summed E-state index contributed by atoms with van der Waals surface area (Å²) in [4.78, 5) is 11.9. The van der Waals surface area contributed by atoms with Crippen LogP contribution in [-0.4, -0.2) is 25.2 Å². The molecule has 0 aliphatic carbocycles. The average Bonchev–Trinajstić information content (AvgIpc) is 2.86. The van der Waals surface area contributed by atoms with E-state index in [4.69, 9.17) is 10.5 Å². The number of amides is 1. The Morgan fingerprint density at radius 2 is 2.39 bits per heavy atom. The summed E-state index contributed by atoms with van der Waals surface area (Å²) in [6, 6.07) is 4.09. The number of nitrogens with one attached hydrogen (secondary N) is 1. The molecule has 1 aliphatic heterocycles. The molecule has 0 saturated carbocycles. The summed E-state index contributed by atoms with van der Waals surface area (Å²) < 4.78 is 18.5. The number of benzene rings is 1. The minimum Gasteiger partial charge on any atom is -0.396 e. The Balaban J connectivity index is 2.00. The Labute approximate surface area is 105 Å². The van der Waals surface area contributed by atoms with Gasteiger partial charge in [-0.3, -0.25) is 4.79 Å². The van der Waals surface area contributed by atoms with Gasteiger partial charge in [0.05, 0.1) is 12.3 Å². The van der Waals surface area contributed by atoms with E-state index in [1.165, 1.54) is 12.1 Å². The number of nitrogens with two attached hydrogens (primary N) is 1. The summed E-state index contributed by atoms with van der Waals surface area (Å²) in [7, 11) is 0. The van der Waals surface area contributed by atoms with E-state index in [2.05, 4.69) is 5.32 Å². The van der Waals surface area contributed by atoms with Crippen LogP contribution in [0.25, 0.3) is 0 Å². The van der Waals surface area contributed by atoms with E-state index in [-0.39, 0.29) is 23.2 Å². The first-order chi connectivity index (χ1) is 8.58. The van der Waals surface area contributed by atoms with E-state index in [0.717, 1.165) is 19.1 Å². The molecule has 0 radical (unpaired) electrons. The van der Waals surface area contributed by atoms with Crippen molar-refractivity contribution in [1.82, 2.24) is 5.32 Å². The molecule has 1 fully saturated rings. The van der Waals surface area contributed by atoms with Gasteiger partial charge in [-0.2, -0.15) is 0 Å². The van der Waals surface area contributed by atoms with Crippen LogP contribution in [0.5, 0.6) is 0 Å². The predicted molar refractivity (Wildman–Crippen MR) is 66.7 cm³/mol. The van der Waals surface area contributed by atoms with Crippen molar-refractivity contribution in [3.63, 3.8) is 0 Å². The Bertz CT molecular complexity index is 445. The van der Waals surface area contributed by atoms with Crippen molar-refractivity contribution in [2.45, 2.75) is 19.4 Å². The van der Waals surface area contributed by atoms with E-state index in [1.54, 1.807) is 0 Å². The van der Waals surface area contributed by atoms with Crippen molar-refractivity contribution in [3.8, 4) is 0 Å². The third kappa shape index (κ3) is 2.79. The number of ether oxygens (including phenoxy) is 1. The van der Waals surface area contributed by atoms with Gasteiger partial charge in [0, 0.05) is 24.1 Å². The van der Waals surface area contributed by atoms with Gasteiger partial charge in [0.1, 0.15) is 5.82 Å². The van der Waals surface area contributed by atoms with Crippen molar-refractivity contribution in [3.05, 3.63) is 29.6 Å². The summed E-state index contributed by atoms with van der Waals surface area (Å²) in [5.74, 6) is -0.527. The minimum absolute atomic E-state index is 0.0145. The number of halogens is 1. The fraction of sp³-hybridized carbons (Fsp3) is 0.462. The van der Waals surface area contributed by atoms with Crippen LogP contribution in [0.2, 0.25) is 0 Å². The largest absolute Gasteiger partial charge is 0.396 e. The van der Waals surface area contributed by atoms with Gasteiger partial charge < -0.3 is 15.8 Å². The quantitative estimate of drug-likeness (QED) is 0.802. The highest BCUT2D eigenvalue weighted by molar-refractivity contribution is 5.94. The van der Waals surface area contributed by atoms with Crippen molar-refractivity contribution < 1.29 is 13.9 Å². The lowest BCUT2D eigenvalue weighted by molar-refractivity contribution is 0.0922. The second-order valence-corrected chi connectivity index (χ2v) is 4.62. The second-order valence-electron chi connectivity index (χ2n) is 4.62. The lowest BCUT2D eigenvalue weighted by atomic mass is 10.0. The first kappa shape index (κ1) is 12.8. The fourth-order valence-corrected chi connectivity index (χ4v) is 2.02. The molecular weight excluding hydrogens is 235 g/mol. The van der Waals surface area contributed by atoms with Gasteiger partial charge in [0.2, 0.25) is 0 Å². The first-order valence-electron chi connectivity index (χ1n) is 6.01. The maximum atomic E-state index is 13.3. The van der Waals surface area contributed by atoms with Crippen LogP contribution in [0.3, 0.4) is 0 Å². The Morgan fingerprint density at radius 3 is 3.00 bits per heavy atom. The lowest BCUT2D eigenvalue weighted by Gasteiger charge is -2.19. The van der Waals surface area contributed by atoms with Crippen molar-refractivity contribution in [2.24, 2.45) is 5.92 Å². The van der Waals surface area contributed by atoms with Gasteiger partial charge in [-0.1, -0.05) is 0 Å². The number of hydrogen-bond donors (Lipinski definition) is 2. The highest BCUT2D eigenvalue weighted by atomic mass is 19.1. The average molecular weight is 252 g/mol. The Kier molecular flexibility index (Phi) is 3.81. The zero-order valence-corrected chi connectivity index (χ0v) is 10.3. The fourth-order valence-electron chi connectivity index (χ4n) is 2.02. The predicted octanol–water partition coefficient (Wildman–Crippen LogP) is 1.56. The zero-order chi connectivity index (χ0) is 13.1. The van der Waals surface area contributed by atoms with Gasteiger partial charge in [-0.05, 0) is 31.5 Å². The van der Waals surface area contributed by atoms with Gasteiger partial charge >= 0.3 is 0 Å². The van der Waals surface area contributed by atoms with Crippen LogP contribution in [0.4, 0.5) is 10.1 Å². The molecule has 1 aliphatic rings. The third-order valence-corrected chi connectivity index (χ3v) is 3.29. The number of carbonyl (C=O) groups excluding carboxylic acids is 1. The maximum absolute atomic E-state index is 13.3. The second kappa shape index (κ2) is 5.35. The van der Waals surface area contributed by atoms with Crippen LogP contribution in [-0.2, 0) is 4.74 Å². The summed E-state index contributed by atoms with van der Waals surface area (Å²) >= 11 is 0. The van der Waals surface area contributed by atoms with E-state index in [9.17, 15) is 9.18 Å². The molecule has 2 atom stereocenters. The van der Waals surface area contributed by atoms with E-state index in [1.807, 2.05) is 6.92 Å². The SMILES string of the molecule is CC(NC(=O)c1ccc(N)c(F)c1)C1CCOC1. The molecule has 0 bridgehead atoms. The van der Waals surface area contributed by atoms with Crippen molar-refractivity contribution in [1.29, 1.82) is 0 Å². The highest BCUT2D eigenvalue weighted by Crippen LogP contribution is 2.17. The van der Waals surface area contributed by atoms with Gasteiger partial charge in [0.25, 0.3) is 5.91 Å². The molecule has 18 heavy (non-hydrogen) atoms. The number of rotatable bonds is 3. The molecule has 0 spiro atoms. The monoisotopic (exact) mass is 252 g/mol. The standard InChI is InChI=1S/C13H17FN2O2/c1-8(10-4-5-18-7-10)16-13(17)9-2-3-12(15)11(14)6-9/h2-3,6,8,10H,4-5,7,15H2,1H3,(H,16,17). The van der Waals surface area contributed by atoms with Gasteiger partial charge in [-0.25, -0.2) is 4.39 Å². The summed E-state index contributed by atoms with van der Waals surface area (Å²) in [5, 5.41) is 2.86. The molecule has 1 aromatic carbocycles. The number of carbonyl (C=O) groups is 1. The third-order valence-electron chi connectivity index (χ3n) is 3.29. The molecule has 2 rings (SSSR count). The van der Waals surface area contributed by atoms with Crippen LogP contribution in [0.15, 0.2) is 18.2 Å². The molecule has 1 heterocycles. The molecule has 3 N–H and O–H groups in total. The van der Waals surface area contributed by atoms with Crippen LogP contribution in [0, 0.1) is 11.7 Å². The van der Waals surface area contributed by atoms with Gasteiger partial charge in [0.15, 0.2) is 0 Å². The van der Waals surface area contributed by atoms with Crippen LogP contribution in [0.1, 0.15) is 23.7 Å². The topological polar surface area (TPSA) is 64.4 Å². The van der Waals surface area contributed by atoms with Gasteiger partial charge in [-0.15, -0.1) is 0 Å². The van der Waals surface area contributed by atoms with E-state index in [0.29, 0.717) is 12.5 Å². The smallest absolute Gasteiger partial charge is 0.251 e. The molecule has 2 unspecified atom stereocenters. The Hall–Kier alpha value is -1.62. The molecule has 1 aromatic rings. The molecule has 98 valence electrons. The molecule has 1 saturated heterocycles. The Morgan fingerprint density at radius 1 is 1.61 bits per heavy atom. The number of nitrogen functional groups attached to an aromatic ring is 1. The number of hydrogen-bond acceptors (Lipinski definition) is 3. The molecular formula is C13H17FN2O2. The summed E-state index contributed by atoms with van der Waals surface area (Å²) in [6.45, 7) is 3.34. The lowest BCUT2D eigenvalue weighted by Crippen LogP contribution is -2.38. The highest BCUT2D eigenvalue weighted by Gasteiger charge is 2.24. The maximum Gasteiger partial charge on any atom is 0.251 e. The van der Waals surface area contributed by atoms with Crippen molar-refractivity contribution >= 4 is 11.6 Å². The van der Waals surface area contributed by atoms with Crippen LogP contribution >= 0.6 is 0 Å². The van der Waals surface area contributed by atoms with Crippen molar-refractivity contribution in [2.75, 3.05) is 18.9 Å². The zero-order valence-electron chi connectivity index (χ0n) is 10.3. The first-order valence-corrected chi connectivity index (χ1v) is 6.01. The molecule has 1 amide bonds. The van der Waals surface area contributed by atoms with E-state index < -0.39 is 5.82 Å². The summed E-state index contributed by atoms with van der Waals surface area (Å²) in [5.41, 5.74) is 5.70. The summed E-state index contributed by atoms with van der Waals surface area (Å²) in [6.07, 6.45) is 0.942. The molecule has 5 heteroatoms. The number of anilines is 1. The van der Waals surface area contributed by atoms with Crippen LogP contribution < -0.4 is 11.1 Å².